The predicted molar refractivity (Wildman–Crippen MR) is 250 cm³/mol. The Kier molecular flexibility index (Phi) is 17.5. The van der Waals surface area contributed by atoms with Crippen molar-refractivity contribution in [2.75, 3.05) is 46.4 Å². The normalized spacial score (nSPS) is 16.6. The molecular formula is C48H58ClN9O8. The van der Waals surface area contributed by atoms with Crippen LogP contribution >= 0.6 is 11.6 Å². The lowest BCUT2D eigenvalue weighted by Gasteiger charge is -2.32. The number of rotatable bonds is 16. The maximum Gasteiger partial charge on any atom is 0.253 e. The third kappa shape index (κ3) is 12.8. The van der Waals surface area contributed by atoms with E-state index in [4.69, 9.17) is 48.3 Å². The van der Waals surface area contributed by atoms with Crippen LogP contribution in [0.25, 0.3) is 11.1 Å². The number of nitriles is 1. The number of nitrogens with one attached hydrogen (secondary N) is 4. The molecule has 4 aromatic rings. The average Bonchev–Trinajstić information content (AvgIpc) is 3.28. The molecule has 1 aliphatic rings. The summed E-state index contributed by atoms with van der Waals surface area (Å²) >= 11 is 6.63. The minimum atomic E-state index is -1.42. The number of fused-ring (bicyclic) bond motifs is 5. The Hall–Kier alpha value is -6.71. The van der Waals surface area contributed by atoms with Crippen LogP contribution in [-0.2, 0) is 31.0 Å². The van der Waals surface area contributed by atoms with Crippen molar-refractivity contribution in [1.29, 1.82) is 5.26 Å². The third-order valence-corrected chi connectivity index (χ3v) is 11.1. The molecule has 1 heterocycles. The first-order valence-electron chi connectivity index (χ1n) is 21.5. The van der Waals surface area contributed by atoms with Crippen molar-refractivity contribution in [1.82, 2.24) is 26.2 Å². The fourth-order valence-electron chi connectivity index (χ4n) is 7.27. The molecule has 4 bridgehead atoms. The number of benzene rings is 4. The Morgan fingerprint density at radius 1 is 0.864 bits per heavy atom. The van der Waals surface area contributed by atoms with E-state index < -0.39 is 53.7 Å². The van der Waals surface area contributed by atoms with Crippen molar-refractivity contribution in [3.8, 4) is 40.2 Å². The topological polar surface area (TPSA) is 266 Å². The molecule has 0 fully saturated rings. The maximum absolute atomic E-state index is 14.6. The molecule has 5 amide bonds. The molecule has 4 atom stereocenters. The van der Waals surface area contributed by atoms with E-state index in [0.717, 1.165) is 10.5 Å². The van der Waals surface area contributed by atoms with E-state index in [0.29, 0.717) is 45.3 Å². The molecule has 0 saturated carbocycles. The van der Waals surface area contributed by atoms with Gasteiger partial charge in [0.1, 0.15) is 66.9 Å². The number of halogens is 1. The standard InChI is InChI=1S/C48H58ClN9O8/c1-28-43(59)57-39(45(61)54-21-18-51)25-29-6-14-40(64-22-19-52)35(24-29)36-26-30(7-15-41(36)65-23-20-53)42(46(62)55-28)58(5)47(63)38(16-17-50)56-44(60)34-13-12-33(27-37(34)49)66-32-10-8-31(9-11-32)48(2,3)4/h6-15,24,26-28,38-39,42H,16-17,19-23,25,50,52-53H2,1-5H3,(H,54,61)(H,55,62)(H,56,60)(H,57,59). The van der Waals surface area contributed by atoms with Crippen LogP contribution in [0.1, 0.15) is 67.2 Å². The molecule has 350 valence electrons. The van der Waals surface area contributed by atoms with Crippen LogP contribution in [0.15, 0.2) is 78.9 Å². The first kappa shape index (κ1) is 50.3. The number of nitrogens with zero attached hydrogens (tertiary/aromatic N) is 2. The van der Waals surface area contributed by atoms with Gasteiger partial charge < -0.3 is 57.6 Å². The Balaban J connectivity index is 1.53. The van der Waals surface area contributed by atoms with Crippen LogP contribution in [0.2, 0.25) is 5.02 Å². The predicted octanol–water partition coefficient (Wildman–Crippen LogP) is 3.60. The summed E-state index contributed by atoms with van der Waals surface area (Å²) in [5, 5.41) is 19.9. The summed E-state index contributed by atoms with van der Waals surface area (Å²) in [6.07, 6.45) is -0.0254. The Morgan fingerprint density at radius 3 is 2.11 bits per heavy atom. The first-order valence-corrected chi connectivity index (χ1v) is 21.9. The molecule has 5 rings (SSSR count). The highest BCUT2D eigenvalue weighted by molar-refractivity contribution is 6.34. The van der Waals surface area contributed by atoms with Crippen LogP contribution in [0.3, 0.4) is 0 Å². The summed E-state index contributed by atoms with van der Waals surface area (Å²) in [4.78, 5) is 71.2. The SMILES string of the molecule is CC1NC(=O)C(N(C)C(=O)C(CCN)NC(=O)c2ccc(Oc3ccc(C(C)(C)C)cc3)cc2Cl)c2ccc(OCCN)c(c2)-c2cc(ccc2OCCN)CC(C(=O)NCC#N)NC1=O. The highest BCUT2D eigenvalue weighted by Crippen LogP contribution is 2.40. The lowest BCUT2D eigenvalue weighted by Crippen LogP contribution is -2.56. The summed E-state index contributed by atoms with van der Waals surface area (Å²) in [5.41, 5.74) is 20.6. The Labute approximate surface area is 389 Å². The summed E-state index contributed by atoms with van der Waals surface area (Å²) in [5.74, 6) is -1.75. The van der Waals surface area contributed by atoms with Crippen molar-refractivity contribution < 1.29 is 38.2 Å². The van der Waals surface area contributed by atoms with Crippen molar-refractivity contribution in [3.05, 3.63) is 106 Å². The first-order chi connectivity index (χ1) is 31.5. The summed E-state index contributed by atoms with van der Waals surface area (Å²) in [7, 11) is 1.40. The van der Waals surface area contributed by atoms with E-state index in [1.807, 2.05) is 30.3 Å². The Bertz CT molecular complexity index is 2440. The van der Waals surface area contributed by atoms with Gasteiger partial charge in [-0.2, -0.15) is 5.26 Å². The minimum absolute atomic E-state index is 0.00397. The molecule has 4 unspecified atom stereocenters. The molecule has 4 aromatic carbocycles. The van der Waals surface area contributed by atoms with Crippen molar-refractivity contribution in [3.63, 3.8) is 0 Å². The molecule has 0 saturated heterocycles. The van der Waals surface area contributed by atoms with Crippen LogP contribution in [-0.4, -0.2) is 99.0 Å². The van der Waals surface area contributed by atoms with E-state index in [1.165, 1.54) is 26.1 Å². The summed E-state index contributed by atoms with van der Waals surface area (Å²) in [6.45, 7) is 8.09. The van der Waals surface area contributed by atoms with E-state index in [2.05, 4.69) is 42.0 Å². The Morgan fingerprint density at radius 2 is 1.50 bits per heavy atom. The monoisotopic (exact) mass is 923 g/mol. The van der Waals surface area contributed by atoms with Gasteiger partial charge in [-0.25, -0.2) is 0 Å². The van der Waals surface area contributed by atoms with E-state index >= 15 is 0 Å². The lowest BCUT2D eigenvalue weighted by molar-refractivity contribution is -0.141. The largest absolute Gasteiger partial charge is 0.492 e. The van der Waals surface area contributed by atoms with E-state index in [9.17, 15) is 24.0 Å². The van der Waals surface area contributed by atoms with Gasteiger partial charge >= 0.3 is 0 Å². The summed E-state index contributed by atoms with van der Waals surface area (Å²) in [6, 6.07) is 19.1. The minimum Gasteiger partial charge on any atom is -0.492 e. The number of nitrogens with two attached hydrogens (primary N) is 3. The number of carbonyl (C=O) groups is 5. The lowest BCUT2D eigenvalue weighted by atomic mass is 9.87. The molecular weight excluding hydrogens is 866 g/mol. The molecule has 0 aromatic heterocycles. The highest BCUT2D eigenvalue weighted by Gasteiger charge is 2.36. The van der Waals surface area contributed by atoms with Crippen molar-refractivity contribution >= 4 is 41.1 Å². The molecule has 17 nitrogen and oxygen atoms in total. The zero-order valence-corrected chi connectivity index (χ0v) is 38.5. The molecule has 10 N–H and O–H groups in total. The number of hydrogen-bond donors (Lipinski definition) is 7. The van der Waals surface area contributed by atoms with Crippen LogP contribution in [0.4, 0.5) is 0 Å². The second kappa shape index (κ2) is 23.0. The fourth-order valence-corrected chi connectivity index (χ4v) is 7.52. The number of carbonyl (C=O) groups excluding carboxylic acids is 5. The molecule has 18 heteroatoms. The zero-order chi connectivity index (χ0) is 48.1. The second-order valence-corrected chi connectivity index (χ2v) is 17.1. The van der Waals surface area contributed by atoms with Crippen LogP contribution in [0.5, 0.6) is 23.0 Å². The van der Waals surface area contributed by atoms with Crippen molar-refractivity contribution in [2.45, 2.75) is 70.1 Å². The smallest absolute Gasteiger partial charge is 0.253 e. The van der Waals surface area contributed by atoms with Gasteiger partial charge in [0.05, 0.1) is 16.7 Å². The van der Waals surface area contributed by atoms with Gasteiger partial charge in [-0.3, -0.25) is 24.0 Å². The number of hydrogen-bond acceptors (Lipinski definition) is 12. The summed E-state index contributed by atoms with van der Waals surface area (Å²) < 4.78 is 18.2. The van der Waals surface area contributed by atoms with Crippen LogP contribution < -0.4 is 52.7 Å². The molecule has 0 spiro atoms. The molecule has 66 heavy (non-hydrogen) atoms. The number of ether oxygens (including phenoxy) is 3. The van der Waals surface area contributed by atoms with E-state index in [1.54, 1.807) is 42.5 Å². The number of amides is 5. The number of likely N-dealkylation sites (N-methyl/N-ethyl adjacent to an activating group) is 1. The average molecular weight is 924 g/mol. The van der Waals surface area contributed by atoms with Gasteiger partial charge in [0.25, 0.3) is 5.91 Å². The fraction of sp³-hybridized carbons (Fsp3) is 0.375. The molecule has 1 aliphatic heterocycles. The van der Waals surface area contributed by atoms with Gasteiger partial charge in [0.15, 0.2) is 0 Å². The highest BCUT2D eigenvalue weighted by atomic mass is 35.5. The van der Waals surface area contributed by atoms with Gasteiger partial charge in [0.2, 0.25) is 23.6 Å². The zero-order valence-electron chi connectivity index (χ0n) is 37.7. The van der Waals surface area contributed by atoms with Crippen LogP contribution in [0, 0.1) is 11.3 Å². The molecule has 0 radical (unpaired) electrons. The van der Waals surface area contributed by atoms with Gasteiger partial charge in [-0.15, -0.1) is 0 Å². The third-order valence-electron chi connectivity index (χ3n) is 10.8. The van der Waals surface area contributed by atoms with Gasteiger partial charge in [0, 0.05) is 43.8 Å². The maximum atomic E-state index is 14.6. The second-order valence-electron chi connectivity index (χ2n) is 16.7. The van der Waals surface area contributed by atoms with Gasteiger partial charge in [-0.1, -0.05) is 56.6 Å². The molecule has 0 aliphatic carbocycles. The quantitative estimate of drug-likeness (QED) is 0.0795. The van der Waals surface area contributed by atoms with Crippen molar-refractivity contribution in [2.24, 2.45) is 17.2 Å². The van der Waals surface area contributed by atoms with Gasteiger partial charge in [-0.05, 0) is 90.5 Å². The van der Waals surface area contributed by atoms with E-state index in [-0.39, 0.29) is 68.2 Å².